The molecule has 0 fully saturated rings. The number of carbonyl (C=O) groups excluding carboxylic acids is 5. The molecule has 0 aliphatic carbocycles. The number of nitro benzene ring substituents is 1. The Hall–Kier alpha value is -15.8. The first-order valence-corrected chi connectivity index (χ1v) is 43.0. The summed E-state index contributed by atoms with van der Waals surface area (Å²) in [6, 6.07) is 37.4. The first kappa shape index (κ1) is 114. The molecule has 1 aliphatic rings. The maximum absolute atomic E-state index is 14.1. The molecule has 6 heterocycles. The number of aromatic carboxylic acids is 1. The smallest absolute Gasteiger partial charge is 1.00 e. The van der Waals surface area contributed by atoms with Gasteiger partial charge in [-0.05, 0) is 186 Å². The van der Waals surface area contributed by atoms with E-state index in [0.717, 1.165) is 77.4 Å². The number of Topliss-reactive ketones (excluding diaryl/α,β-unsaturated/α-hetero) is 4. The van der Waals surface area contributed by atoms with Gasteiger partial charge in [-0.1, -0.05) is 30.3 Å². The number of ether oxygens (including phenoxy) is 3. The molecule has 8 aromatic carbocycles. The molecule has 12 N–H and O–H groups in total. The molecule has 1 amide bonds. The number of halogens is 14. The van der Waals surface area contributed by atoms with Crippen molar-refractivity contribution in [1.82, 2.24) is 22.8 Å². The number of alkyl halides is 1. The van der Waals surface area contributed by atoms with Crippen LogP contribution >= 0.6 is 0 Å². The fraction of sp³-hybridized carbons (Fsp3) is 0.210. The number of pyridine rings is 5. The van der Waals surface area contributed by atoms with Crippen molar-refractivity contribution in [2.45, 2.75) is 90.5 Å². The summed E-state index contributed by atoms with van der Waals surface area (Å²) >= 11 is 0. The minimum Gasteiger partial charge on any atom is -1.00 e. The quantitative estimate of drug-likeness (QED) is 0.00348. The molecule has 0 saturated carbocycles. The van der Waals surface area contributed by atoms with E-state index in [1.807, 2.05) is 0 Å². The van der Waals surface area contributed by atoms with Gasteiger partial charge in [0.05, 0.1) is 119 Å². The summed E-state index contributed by atoms with van der Waals surface area (Å²) in [5, 5.41) is 38.7. The number of anilines is 4. The first-order chi connectivity index (χ1) is 69.1. The second-order valence-electron chi connectivity index (χ2n) is 30.9. The van der Waals surface area contributed by atoms with Gasteiger partial charge >= 0.3 is 35.5 Å². The molecule has 0 saturated heterocycles. The third-order valence-corrected chi connectivity index (χ3v) is 20.5. The number of hydrogen-bond acceptors (Lipinski definition) is 22. The molecule has 760 valence electrons. The number of nitro groups is 1. The zero-order valence-corrected chi connectivity index (χ0v) is 78.8. The van der Waals surface area contributed by atoms with Crippen LogP contribution in [-0.2, 0) is 43.9 Å². The van der Waals surface area contributed by atoms with Crippen LogP contribution in [0.4, 0.5) is 89.9 Å². The van der Waals surface area contributed by atoms with Crippen LogP contribution in [0.15, 0.2) is 243 Å². The van der Waals surface area contributed by atoms with Gasteiger partial charge < -0.3 is 82.0 Å². The van der Waals surface area contributed by atoms with Crippen LogP contribution in [0.2, 0.25) is 0 Å². The number of aliphatic hydroxyl groups is 2. The van der Waals surface area contributed by atoms with Gasteiger partial charge in [0.1, 0.15) is 11.3 Å². The number of aliphatic hydroxyl groups excluding tert-OH is 2. The van der Waals surface area contributed by atoms with Crippen LogP contribution in [-0.4, -0.2) is 125 Å². The standard InChI is InChI=1S/C24H19F3N2O4.C22H18F3N3O5.C22H20F3N3O3.C16H15F2NO3.C13H9F2NO3.C2H7NO.CH3F.Na.H/c25-17-6-5-14(9-18(17)26)13-29-7-1-3-16(24(29)32)21(30)4-2-8-33-22-12-20-15(10-19(22)27)11-23(31)28-20;23-15-6-5-13(9-16(15)24)12-27-7-1-3-14(22(27)30)20(29)4-2-8-33-21-11-18(26)19(28(31)32)10-17(21)25;23-15-6-5-13(9-16(15)24)12-28-7-1-3-14(22(28)30)20(29)4-2-8-31-21-11-19(27)18(26)10-17(21)25;17-13-6-5-11(9-14(13)18)10-19-7-1-3-12(16(19)22)15(21)4-2-8-20;14-10-4-3-8(6-11(10)15)7-16-5-1-2-9(12(16)17)13(18)19;3-1-2-4;1-2;;/h1,3,5-7,9-10,12H,2,4,8,11,13H2,(H,28,31);1,3,5-7,9-11H,2,4,8,12,26H2;1,3,5-7,9-11H,2,4,8,12,26-27H2;1,3,5-7,9,20H,2,4,8,10H2;1-6H,7H2,(H,18,19);4H,1-3H2;1H3;;/q;;;;;;;+1;-1/i;;;;;;1D;;. The number of fused-ring (bicyclic) bond motifs is 1. The van der Waals surface area contributed by atoms with Gasteiger partial charge in [0, 0.05) is 99.8 Å². The van der Waals surface area contributed by atoms with Crippen molar-refractivity contribution in [3.8, 4) is 17.2 Å². The fourth-order valence-electron chi connectivity index (χ4n) is 13.4. The molecule has 30 nitrogen and oxygen atoms in total. The third kappa shape index (κ3) is 34.0. The Morgan fingerprint density at radius 1 is 0.393 bits per heavy atom. The number of hydrogen-bond donors (Lipinski definition) is 8. The van der Waals surface area contributed by atoms with Gasteiger partial charge in [-0.3, -0.25) is 62.5 Å². The molecule has 0 spiro atoms. The van der Waals surface area contributed by atoms with Crippen LogP contribution in [0.1, 0.15) is 139 Å². The summed E-state index contributed by atoms with van der Waals surface area (Å²) < 4.78 is 211. The van der Waals surface area contributed by atoms with Crippen molar-refractivity contribution in [3.63, 3.8) is 0 Å². The topological polar surface area (TPSA) is 460 Å². The second kappa shape index (κ2) is 56.8. The van der Waals surface area contributed by atoms with Gasteiger partial charge in [0.2, 0.25) is 5.91 Å². The Bertz CT molecular complexity index is 7190. The Morgan fingerprint density at radius 2 is 0.662 bits per heavy atom. The number of ketones is 4. The van der Waals surface area contributed by atoms with E-state index in [1.54, 1.807) is 6.07 Å². The summed E-state index contributed by atoms with van der Waals surface area (Å²) in [5.41, 5.74) is 20.4. The Morgan fingerprint density at radius 3 is 0.952 bits per heavy atom. The number of rotatable bonds is 35. The zero-order chi connectivity index (χ0) is 106. The number of nitrogens with zero attached hydrogens (tertiary/aromatic N) is 6. The summed E-state index contributed by atoms with van der Waals surface area (Å²) in [6.45, 7) is 0.229. The minimum absolute atomic E-state index is 0. The van der Waals surface area contributed by atoms with E-state index in [9.17, 15) is 124 Å². The van der Waals surface area contributed by atoms with Gasteiger partial charge in [0.25, 0.3) is 33.5 Å². The number of carboxylic acids is 1. The Kier molecular flexibility index (Phi) is 44.8. The molecule has 145 heavy (non-hydrogen) atoms. The van der Waals surface area contributed by atoms with Crippen molar-refractivity contribution in [3.05, 3.63) is 418 Å². The third-order valence-electron chi connectivity index (χ3n) is 20.5. The molecule has 13 aromatic rings. The van der Waals surface area contributed by atoms with Gasteiger partial charge in [0.15, 0.2) is 116 Å². The van der Waals surface area contributed by atoms with Crippen LogP contribution in [0.3, 0.4) is 0 Å². The number of nitrogens with one attached hydrogen (secondary N) is 1. The molecule has 5 aromatic heterocycles. The van der Waals surface area contributed by atoms with Crippen molar-refractivity contribution < 1.29 is 157 Å². The van der Waals surface area contributed by atoms with Gasteiger partial charge in [-0.2, -0.15) is 0 Å². The normalized spacial score (nSPS) is 10.9. The summed E-state index contributed by atoms with van der Waals surface area (Å²) in [6.07, 6.45) is 8.19. The maximum Gasteiger partial charge on any atom is 1.00 e. The SMILES string of the molecule is NCCO.Nc1cc(F)c(OCCCC(=O)c2cccn(Cc3ccc(F)c(F)c3)c2=O)cc1N.Nc1cc(OCCCC(=O)c2cccn(Cc3ccc(F)c(F)c3)c2=O)c(F)cc1[N+](=O)[O-].O=C(CCCO)c1cccn(Cc2ccc(F)c(F)c2)c1=O.O=C(O)c1cccn(Cc2ccc(F)c(F)c2)c1=O.O=C1Cc2cc(F)c(OCCCC(=O)c3cccn(Cc4ccc(F)c(F)c4)c3=O)cc2N1.[2H]CF.[H-].[Na+]. The molecular formula is C100H92F14N11NaO19. The predicted molar refractivity (Wildman–Crippen MR) is 501 cm³/mol. The largest absolute Gasteiger partial charge is 1.00 e. The van der Waals surface area contributed by atoms with Gasteiger partial charge in [-0.25, -0.2) is 61.9 Å². The molecule has 0 radical (unpaired) electrons. The molecular weight excluding hydrogens is 1950 g/mol. The number of aromatic nitrogens is 5. The number of nitrogens with two attached hydrogens (primary N) is 4. The maximum atomic E-state index is 14.1. The van der Waals surface area contributed by atoms with E-state index in [2.05, 4.69) is 5.32 Å². The van der Waals surface area contributed by atoms with Crippen LogP contribution in [0.5, 0.6) is 17.2 Å². The molecule has 45 heteroatoms. The monoisotopic (exact) mass is 2040 g/mol. The molecule has 0 unspecified atom stereocenters. The fourth-order valence-corrected chi connectivity index (χ4v) is 13.4. The van der Waals surface area contributed by atoms with Crippen LogP contribution in [0.25, 0.3) is 0 Å². The van der Waals surface area contributed by atoms with E-state index >= 15 is 0 Å². The zero-order valence-electron chi connectivity index (χ0n) is 78.8. The van der Waals surface area contributed by atoms with E-state index in [0.29, 0.717) is 51.7 Å². The summed E-state index contributed by atoms with van der Waals surface area (Å²) in [4.78, 5) is 143. The molecule has 0 bridgehead atoms. The number of carbonyl (C=O) groups is 6. The van der Waals surface area contributed by atoms with Crippen molar-refractivity contribution in [1.29, 1.82) is 0 Å². The van der Waals surface area contributed by atoms with Gasteiger partial charge in [-0.15, -0.1) is 0 Å². The number of nitrogen functional groups attached to an aromatic ring is 3. The Balaban J connectivity index is 0.000000278. The van der Waals surface area contributed by atoms with Crippen molar-refractivity contribution >= 4 is 63.4 Å². The molecule has 1 aliphatic heterocycles. The number of carboxylic acid groups (broad SMARTS) is 1. The average molecular weight is 2040 g/mol. The first-order valence-electron chi connectivity index (χ1n) is 43.7. The number of benzene rings is 8. The molecule has 0 atom stereocenters. The second-order valence-corrected chi connectivity index (χ2v) is 30.9. The van der Waals surface area contributed by atoms with Crippen LogP contribution < -0.4 is 99.8 Å². The van der Waals surface area contributed by atoms with E-state index < -0.39 is 145 Å². The molecule has 14 rings (SSSR count). The van der Waals surface area contributed by atoms with E-state index in [4.69, 9.17) is 53.8 Å². The Labute approximate surface area is 839 Å². The summed E-state index contributed by atoms with van der Waals surface area (Å²) in [5.74, 6) is -15.8. The average Bonchev–Trinajstić information content (AvgIpc) is 1.67. The van der Waals surface area contributed by atoms with E-state index in [1.165, 1.54) is 152 Å². The van der Waals surface area contributed by atoms with Crippen LogP contribution in [0, 0.1) is 85.7 Å². The van der Waals surface area contributed by atoms with E-state index in [-0.39, 0.29) is 228 Å². The summed E-state index contributed by atoms with van der Waals surface area (Å²) in [7, 11) is -1.00. The van der Waals surface area contributed by atoms with Crippen molar-refractivity contribution in [2.75, 3.05) is 69.3 Å². The predicted octanol–water partition coefficient (Wildman–Crippen LogP) is 11.9. The van der Waals surface area contributed by atoms with Crippen molar-refractivity contribution in [2.24, 2.45) is 5.73 Å². The number of amides is 1. The minimum atomic E-state index is -1.33.